The standard InChI is InChI=1S/C16H24N4O2/c1-22-13-2-3-15(14(17)10-13)19-7-4-12(5-8-19)20-9-6-18-16(21)11-20/h2-3,10,12H,4-9,11,17H2,1H3,(H,18,21). The van der Waals surface area contributed by atoms with Gasteiger partial charge in [0.2, 0.25) is 5.91 Å². The molecule has 3 N–H and O–H groups in total. The molecule has 0 bridgehead atoms. The Hall–Kier alpha value is -1.95. The van der Waals surface area contributed by atoms with Gasteiger partial charge in [0.15, 0.2) is 0 Å². The van der Waals surface area contributed by atoms with Crippen LogP contribution in [-0.2, 0) is 4.79 Å². The first-order valence-electron chi connectivity index (χ1n) is 7.86. The average molecular weight is 304 g/mol. The third kappa shape index (κ3) is 3.11. The number of anilines is 2. The van der Waals surface area contributed by atoms with Crippen molar-refractivity contribution in [2.24, 2.45) is 0 Å². The quantitative estimate of drug-likeness (QED) is 0.804. The number of amides is 1. The molecule has 0 saturated carbocycles. The number of nitrogen functional groups attached to an aromatic ring is 1. The van der Waals surface area contributed by atoms with E-state index in [-0.39, 0.29) is 5.91 Å². The second-order valence-corrected chi connectivity index (χ2v) is 5.96. The third-order valence-corrected chi connectivity index (χ3v) is 4.62. The van der Waals surface area contributed by atoms with Gasteiger partial charge < -0.3 is 20.7 Å². The van der Waals surface area contributed by atoms with Gasteiger partial charge in [-0.15, -0.1) is 0 Å². The Morgan fingerprint density at radius 1 is 1.27 bits per heavy atom. The number of carbonyl (C=O) groups is 1. The van der Waals surface area contributed by atoms with Gasteiger partial charge in [-0.05, 0) is 25.0 Å². The number of ether oxygens (including phenoxy) is 1. The molecule has 2 saturated heterocycles. The van der Waals surface area contributed by atoms with Crippen LogP contribution >= 0.6 is 0 Å². The summed E-state index contributed by atoms with van der Waals surface area (Å²) in [6, 6.07) is 6.35. The monoisotopic (exact) mass is 304 g/mol. The van der Waals surface area contributed by atoms with Crippen LogP contribution in [0.5, 0.6) is 5.75 Å². The molecule has 1 amide bonds. The summed E-state index contributed by atoms with van der Waals surface area (Å²) < 4.78 is 5.20. The van der Waals surface area contributed by atoms with Crippen LogP contribution in [0.3, 0.4) is 0 Å². The number of piperidine rings is 1. The molecule has 6 heteroatoms. The molecule has 6 nitrogen and oxygen atoms in total. The number of carbonyl (C=O) groups excluding carboxylic acids is 1. The molecule has 2 aliphatic heterocycles. The van der Waals surface area contributed by atoms with Gasteiger partial charge in [-0.25, -0.2) is 0 Å². The first-order chi connectivity index (χ1) is 10.7. The Bertz CT molecular complexity index is 541. The first kappa shape index (κ1) is 15.0. The highest BCUT2D eigenvalue weighted by Crippen LogP contribution is 2.30. The van der Waals surface area contributed by atoms with E-state index in [0.717, 1.165) is 56.1 Å². The topological polar surface area (TPSA) is 70.8 Å². The van der Waals surface area contributed by atoms with Crippen LogP contribution in [0, 0.1) is 0 Å². The Balaban J connectivity index is 1.60. The maximum atomic E-state index is 11.5. The number of hydrogen-bond donors (Lipinski definition) is 2. The van der Waals surface area contributed by atoms with E-state index in [1.54, 1.807) is 7.11 Å². The van der Waals surface area contributed by atoms with Crippen molar-refractivity contribution < 1.29 is 9.53 Å². The summed E-state index contributed by atoms with van der Waals surface area (Å²) in [4.78, 5) is 16.2. The molecule has 22 heavy (non-hydrogen) atoms. The molecule has 0 radical (unpaired) electrons. The number of nitrogens with zero attached hydrogens (tertiary/aromatic N) is 2. The Morgan fingerprint density at radius 3 is 2.68 bits per heavy atom. The predicted octanol–water partition coefficient (Wildman–Crippen LogP) is 0.678. The van der Waals surface area contributed by atoms with Gasteiger partial charge >= 0.3 is 0 Å². The number of rotatable bonds is 3. The maximum Gasteiger partial charge on any atom is 0.234 e. The number of methoxy groups -OCH3 is 1. The number of nitrogens with one attached hydrogen (secondary N) is 1. The summed E-state index contributed by atoms with van der Waals surface area (Å²) in [6.45, 7) is 4.21. The van der Waals surface area contributed by atoms with Crippen molar-refractivity contribution in [2.45, 2.75) is 18.9 Å². The zero-order valence-electron chi connectivity index (χ0n) is 13.0. The van der Waals surface area contributed by atoms with E-state index < -0.39 is 0 Å². The molecule has 0 aliphatic carbocycles. The number of nitrogens with two attached hydrogens (primary N) is 1. The predicted molar refractivity (Wildman–Crippen MR) is 87.2 cm³/mol. The number of hydrogen-bond acceptors (Lipinski definition) is 5. The van der Waals surface area contributed by atoms with Gasteiger partial charge in [-0.2, -0.15) is 0 Å². The summed E-state index contributed by atoms with van der Waals surface area (Å²) in [5.41, 5.74) is 7.98. The van der Waals surface area contributed by atoms with Crippen molar-refractivity contribution in [3.63, 3.8) is 0 Å². The SMILES string of the molecule is COc1ccc(N2CCC(N3CCNC(=O)C3)CC2)c(N)c1. The summed E-state index contributed by atoms with van der Waals surface area (Å²) in [6.07, 6.45) is 2.14. The molecule has 120 valence electrons. The molecule has 0 spiro atoms. The van der Waals surface area contributed by atoms with Crippen LogP contribution in [0.1, 0.15) is 12.8 Å². The largest absolute Gasteiger partial charge is 0.497 e. The lowest BCUT2D eigenvalue weighted by molar-refractivity contribution is -0.125. The highest BCUT2D eigenvalue weighted by molar-refractivity contribution is 5.78. The van der Waals surface area contributed by atoms with E-state index in [2.05, 4.69) is 15.1 Å². The van der Waals surface area contributed by atoms with E-state index in [1.165, 1.54) is 0 Å². The smallest absolute Gasteiger partial charge is 0.234 e. The van der Waals surface area contributed by atoms with Crippen molar-refractivity contribution in [1.29, 1.82) is 0 Å². The fourth-order valence-corrected chi connectivity index (χ4v) is 3.39. The molecule has 0 aromatic heterocycles. The lowest BCUT2D eigenvalue weighted by atomic mass is 10.0. The maximum absolute atomic E-state index is 11.5. The first-order valence-corrected chi connectivity index (χ1v) is 7.86. The highest BCUT2D eigenvalue weighted by atomic mass is 16.5. The van der Waals surface area contributed by atoms with E-state index >= 15 is 0 Å². The van der Waals surface area contributed by atoms with E-state index in [9.17, 15) is 4.79 Å². The fraction of sp³-hybridized carbons (Fsp3) is 0.562. The van der Waals surface area contributed by atoms with Crippen LogP contribution in [0.2, 0.25) is 0 Å². The van der Waals surface area contributed by atoms with Gasteiger partial charge in [-0.1, -0.05) is 0 Å². The lowest BCUT2D eigenvalue weighted by Crippen LogP contribution is -2.54. The van der Waals surface area contributed by atoms with E-state index in [4.69, 9.17) is 10.5 Å². The van der Waals surface area contributed by atoms with Crippen molar-refractivity contribution in [2.75, 3.05) is 50.5 Å². The molecule has 0 unspecified atom stereocenters. The molecule has 2 fully saturated rings. The lowest BCUT2D eigenvalue weighted by Gasteiger charge is -2.40. The van der Waals surface area contributed by atoms with Gasteiger partial charge in [0.05, 0.1) is 25.0 Å². The van der Waals surface area contributed by atoms with E-state index in [0.29, 0.717) is 12.6 Å². The van der Waals surface area contributed by atoms with Crippen molar-refractivity contribution in [3.8, 4) is 5.75 Å². The highest BCUT2D eigenvalue weighted by Gasteiger charge is 2.28. The van der Waals surface area contributed by atoms with Gasteiger partial charge in [0, 0.05) is 38.3 Å². The zero-order valence-corrected chi connectivity index (χ0v) is 13.0. The van der Waals surface area contributed by atoms with Crippen molar-refractivity contribution in [3.05, 3.63) is 18.2 Å². The Labute approximate surface area is 131 Å². The summed E-state index contributed by atoms with van der Waals surface area (Å²) in [5, 5.41) is 2.88. The van der Waals surface area contributed by atoms with Crippen LogP contribution in [0.4, 0.5) is 11.4 Å². The number of benzene rings is 1. The minimum atomic E-state index is 0.146. The van der Waals surface area contributed by atoms with Crippen LogP contribution in [0.15, 0.2) is 18.2 Å². The Morgan fingerprint density at radius 2 is 2.05 bits per heavy atom. The molecule has 0 atom stereocenters. The van der Waals surface area contributed by atoms with Gasteiger partial charge in [0.25, 0.3) is 0 Å². The zero-order chi connectivity index (χ0) is 15.5. The van der Waals surface area contributed by atoms with Crippen LogP contribution in [0.25, 0.3) is 0 Å². The summed E-state index contributed by atoms with van der Waals surface area (Å²) >= 11 is 0. The molecule has 1 aromatic carbocycles. The van der Waals surface area contributed by atoms with Crippen molar-refractivity contribution in [1.82, 2.24) is 10.2 Å². The summed E-state index contributed by atoms with van der Waals surface area (Å²) in [5.74, 6) is 0.934. The van der Waals surface area contributed by atoms with Gasteiger partial charge in [0.1, 0.15) is 5.75 Å². The molecular weight excluding hydrogens is 280 g/mol. The van der Waals surface area contributed by atoms with Crippen LogP contribution in [-0.4, -0.2) is 56.7 Å². The normalized spacial score (nSPS) is 20.8. The second-order valence-electron chi connectivity index (χ2n) is 5.96. The number of piperazine rings is 1. The minimum Gasteiger partial charge on any atom is -0.497 e. The third-order valence-electron chi connectivity index (χ3n) is 4.62. The van der Waals surface area contributed by atoms with Gasteiger partial charge in [-0.3, -0.25) is 9.69 Å². The average Bonchev–Trinajstić information content (AvgIpc) is 2.55. The second kappa shape index (κ2) is 6.44. The molecule has 3 rings (SSSR count). The Kier molecular flexibility index (Phi) is 4.38. The molecule has 2 aliphatic rings. The fourth-order valence-electron chi connectivity index (χ4n) is 3.39. The molecule has 2 heterocycles. The van der Waals surface area contributed by atoms with Crippen molar-refractivity contribution >= 4 is 17.3 Å². The summed E-state index contributed by atoms with van der Waals surface area (Å²) in [7, 11) is 1.65. The molecule has 1 aromatic rings. The van der Waals surface area contributed by atoms with Crippen LogP contribution < -0.4 is 20.7 Å². The minimum absolute atomic E-state index is 0.146. The van der Waals surface area contributed by atoms with E-state index in [1.807, 2.05) is 18.2 Å². The molecular formula is C16H24N4O2.